The van der Waals surface area contributed by atoms with Gasteiger partial charge in [-0.3, -0.25) is 9.62 Å². The van der Waals surface area contributed by atoms with Crippen LogP contribution in [0.4, 0.5) is 15.9 Å². The van der Waals surface area contributed by atoms with Crippen LogP contribution in [-0.4, -0.2) is 49.5 Å². The molecule has 1 atom stereocenters. The fourth-order valence-electron chi connectivity index (χ4n) is 3.70. The number of sulfonamides is 1. The van der Waals surface area contributed by atoms with E-state index in [1.165, 1.54) is 35.4 Å². The Labute approximate surface area is 178 Å². The molecule has 1 aliphatic heterocycles. The number of likely N-dealkylation sites (N-methyl/N-ethyl adjacent to an activating group) is 1. The van der Waals surface area contributed by atoms with Gasteiger partial charge in [-0.05, 0) is 31.0 Å². The van der Waals surface area contributed by atoms with E-state index in [2.05, 4.69) is 19.6 Å². The summed E-state index contributed by atoms with van der Waals surface area (Å²) < 4.78 is 47.3. The van der Waals surface area contributed by atoms with Crippen LogP contribution in [0.2, 0.25) is 0 Å². The van der Waals surface area contributed by atoms with Crippen molar-refractivity contribution in [3.63, 3.8) is 0 Å². The third-order valence-corrected chi connectivity index (χ3v) is 7.21. The lowest BCUT2D eigenvalue weighted by Crippen LogP contribution is -2.35. The highest BCUT2D eigenvalue weighted by molar-refractivity contribution is 7.92. The minimum atomic E-state index is -4.06. The molecule has 0 aliphatic carbocycles. The fourth-order valence-corrected chi connectivity index (χ4v) is 5.40. The topological polar surface area (TPSA) is 91.6 Å². The van der Waals surface area contributed by atoms with E-state index in [0.717, 1.165) is 25.2 Å². The highest BCUT2D eigenvalue weighted by Gasteiger charge is 2.29. The van der Waals surface area contributed by atoms with Gasteiger partial charge >= 0.3 is 0 Å². The molecule has 1 saturated heterocycles. The lowest BCUT2D eigenvalue weighted by molar-refractivity contribution is 0.321. The molecule has 1 N–H and O–H groups in total. The van der Waals surface area contributed by atoms with Gasteiger partial charge in [0.1, 0.15) is 17.0 Å². The molecule has 11 heteroatoms. The molecule has 0 amide bonds. The van der Waals surface area contributed by atoms with E-state index in [4.69, 9.17) is 4.42 Å². The van der Waals surface area contributed by atoms with Crippen molar-refractivity contribution in [1.82, 2.24) is 14.9 Å². The lowest BCUT2D eigenvalue weighted by Gasteiger charge is -2.29. The number of oxazole rings is 1. The van der Waals surface area contributed by atoms with Crippen molar-refractivity contribution in [3.05, 3.63) is 52.8 Å². The fraction of sp³-hybridized carbons (Fsp3) is 0.368. The standard InChI is InChI=1S/C19H22FN5O3S2/c1-13-5-18(30(26,27)23-19-10-29-12-22-19)16(20)6-17(13)24(2)15-3-4-25(8-15)7-14-9-28-11-21-14/h5-6,9-12,15,23H,3-4,7-8H2,1-2H3. The Morgan fingerprint density at radius 1 is 1.40 bits per heavy atom. The molecule has 0 saturated carbocycles. The second-order valence-electron chi connectivity index (χ2n) is 7.32. The van der Waals surface area contributed by atoms with Crippen LogP contribution in [0.3, 0.4) is 0 Å². The Morgan fingerprint density at radius 3 is 2.93 bits per heavy atom. The average molecular weight is 452 g/mol. The summed E-state index contributed by atoms with van der Waals surface area (Å²) in [5.74, 6) is -0.612. The number of aromatic nitrogens is 2. The third-order valence-electron chi connectivity index (χ3n) is 5.26. The molecule has 2 aromatic heterocycles. The number of benzene rings is 1. The smallest absolute Gasteiger partial charge is 0.266 e. The molecule has 1 aromatic carbocycles. The quantitative estimate of drug-likeness (QED) is 0.590. The molecule has 3 heterocycles. The first-order chi connectivity index (χ1) is 14.3. The molecule has 1 unspecified atom stereocenters. The lowest BCUT2D eigenvalue weighted by atomic mass is 10.1. The van der Waals surface area contributed by atoms with Crippen LogP contribution >= 0.6 is 11.3 Å². The Kier molecular flexibility index (Phi) is 5.76. The van der Waals surface area contributed by atoms with E-state index >= 15 is 0 Å². The highest BCUT2D eigenvalue weighted by Crippen LogP contribution is 2.30. The molecule has 160 valence electrons. The summed E-state index contributed by atoms with van der Waals surface area (Å²) in [6, 6.07) is 2.86. The summed E-state index contributed by atoms with van der Waals surface area (Å²) in [4.78, 5) is 11.9. The molecule has 0 spiro atoms. The molecule has 1 aliphatic rings. The summed E-state index contributed by atoms with van der Waals surface area (Å²) in [5, 5.41) is 1.55. The summed E-state index contributed by atoms with van der Waals surface area (Å²) in [6.45, 7) is 4.19. The Hall–Kier alpha value is -2.50. The van der Waals surface area contributed by atoms with Gasteiger partial charge in [0, 0.05) is 43.8 Å². The van der Waals surface area contributed by atoms with Gasteiger partial charge in [0.05, 0.1) is 11.2 Å². The second-order valence-corrected chi connectivity index (χ2v) is 9.69. The number of hydrogen-bond donors (Lipinski definition) is 1. The van der Waals surface area contributed by atoms with Gasteiger partial charge in [0.2, 0.25) is 0 Å². The molecule has 30 heavy (non-hydrogen) atoms. The number of halogens is 1. The molecule has 4 rings (SSSR count). The second kappa shape index (κ2) is 8.32. The average Bonchev–Trinajstić information content (AvgIpc) is 3.46. The van der Waals surface area contributed by atoms with E-state index in [-0.39, 0.29) is 16.8 Å². The molecular weight excluding hydrogens is 429 g/mol. The number of nitrogens with zero attached hydrogens (tertiary/aromatic N) is 4. The number of anilines is 2. The van der Waals surface area contributed by atoms with Crippen molar-refractivity contribution < 1.29 is 17.2 Å². The van der Waals surface area contributed by atoms with E-state index in [1.807, 2.05) is 11.9 Å². The molecule has 8 nitrogen and oxygen atoms in total. The SMILES string of the molecule is Cc1cc(S(=O)(=O)Nc2cscn2)c(F)cc1N(C)C1CCN(Cc2cocn2)C1. The van der Waals surface area contributed by atoms with Gasteiger partial charge in [0.25, 0.3) is 10.0 Å². The predicted molar refractivity (Wildman–Crippen MR) is 113 cm³/mol. The summed E-state index contributed by atoms with van der Waals surface area (Å²) >= 11 is 1.25. The van der Waals surface area contributed by atoms with Crippen molar-refractivity contribution >= 4 is 32.9 Å². The van der Waals surface area contributed by atoms with Crippen molar-refractivity contribution in [2.45, 2.75) is 30.8 Å². The largest absolute Gasteiger partial charge is 0.451 e. The number of rotatable bonds is 7. The van der Waals surface area contributed by atoms with Gasteiger partial charge in [-0.2, -0.15) is 0 Å². The van der Waals surface area contributed by atoms with Crippen LogP contribution in [-0.2, 0) is 16.6 Å². The first-order valence-electron chi connectivity index (χ1n) is 9.37. The van der Waals surface area contributed by atoms with Crippen LogP contribution in [0.15, 0.2) is 45.0 Å². The molecule has 1 fully saturated rings. The minimum absolute atomic E-state index is 0.177. The van der Waals surface area contributed by atoms with Gasteiger partial charge in [-0.25, -0.2) is 22.8 Å². The van der Waals surface area contributed by atoms with Crippen LogP contribution in [0, 0.1) is 12.7 Å². The predicted octanol–water partition coefficient (Wildman–Crippen LogP) is 3.09. The van der Waals surface area contributed by atoms with E-state index in [0.29, 0.717) is 17.8 Å². The first kappa shape index (κ1) is 20.8. The Morgan fingerprint density at radius 2 is 2.23 bits per heavy atom. The van der Waals surface area contributed by atoms with Crippen molar-refractivity contribution in [2.24, 2.45) is 0 Å². The van der Waals surface area contributed by atoms with Gasteiger partial charge < -0.3 is 9.32 Å². The number of aryl methyl sites for hydroxylation is 1. The van der Waals surface area contributed by atoms with Crippen molar-refractivity contribution in [1.29, 1.82) is 0 Å². The number of likely N-dealkylation sites (tertiary alicyclic amines) is 1. The summed E-state index contributed by atoms with van der Waals surface area (Å²) in [6.07, 6.45) is 3.97. The zero-order valence-corrected chi connectivity index (χ0v) is 18.2. The van der Waals surface area contributed by atoms with Gasteiger partial charge in [-0.1, -0.05) is 0 Å². The van der Waals surface area contributed by atoms with Crippen LogP contribution in [0.25, 0.3) is 0 Å². The Bertz CT molecular complexity index is 1100. The molecule has 0 radical (unpaired) electrons. The molecule has 3 aromatic rings. The maximum atomic E-state index is 14.8. The summed E-state index contributed by atoms with van der Waals surface area (Å²) in [7, 11) is -2.15. The van der Waals surface area contributed by atoms with Gasteiger partial charge in [-0.15, -0.1) is 11.3 Å². The van der Waals surface area contributed by atoms with Crippen LogP contribution < -0.4 is 9.62 Å². The normalized spacial score (nSPS) is 17.4. The van der Waals surface area contributed by atoms with E-state index < -0.39 is 15.8 Å². The number of nitrogens with one attached hydrogen (secondary N) is 1. The van der Waals surface area contributed by atoms with Crippen molar-refractivity contribution in [2.75, 3.05) is 29.8 Å². The van der Waals surface area contributed by atoms with Crippen LogP contribution in [0.1, 0.15) is 17.7 Å². The van der Waals surface area contributed by atoms with E-state index in [9.17, 15) is 12.8 Å². The van der Waals surface area contributed by atoms with Gasteiger partial charge in [0.15, 0.2) is 12.2 Å². The number of hydrogen-bond acceptors (Lipinski definition) is 8. The zero-order valence-electron chi connectivity index (χ0n) is 16.6. The maximum Gasteiger partial charge on any atom is 0.266 e. The molecular formula is C19H22FN5O3S2. The maximum absolute atomic E-state index is 14.8. The molecule has 0 bridgehead atoms. The number of thiazole rings is 1. The Balaban J connectivity index is 1.50. The third kappa shape index (κ3) is 4.32. The highest BCUT2D eigenvalue weighted by atomic mass is 32.2. The zero-order chi connectivity index (χ0) is 21.3. The van der Waals surface area contributed by atoms with Crippen LogP contribution in [0.5, 0.6) is 0 Å². The first-order valence-corrected chi connectivity index (χ1v) is 11.8. The van der Waals surface area contributed by atoms with E-state index in [1.54, 1.807) is 18.6 Å². The monoisotopic (exact) mass is 451 g/mol. The minimum Gasteiger partial charge on any atom is -0.451 e. The van der Waals surface area contributed by atoms with Crippen molar-refractivity contribution in [3.8, 4) is 0 Å². The summed E-state index contributed by atoms with van der Waals surface area (Å²) in [5.41, 5.74) is 3.74.